The quantitative estimate of drug-likeness (QED) is 0.625. The largest absolute Gasteiger partial charge is 0.392 e. The lowest BCUT2D eigenvalue weighted by Gasteiger charge is -2.21. The zero-order valence-corrected chi connectivity index (χ0v) is 7.23. The zero-order valence-electron chi connectivity index (χ0n) is 7.23. The number of carbonyl (C=O) groups is 1. The predicted octanol–water partition coefficient (Wildman–Crippen LogP) is 1.15. The molecule has 2 bridgehead atoms. The van der Waals surface area contributed by atoms with Gasteiger partial charge in [0, 0.05) is 5.92 Å². The number of hydrogen-bond donors (Lipinski definition) is 1. The Hall–Kier alpha value is -0.630. The van der Waals surface area contributed by atoms with Crippen molar-refractivity contribution in [3.05, 3.63) is 12.2 Å². The minimum absolute atomic E-state index is 0.0926. The summed E-state index contributed by atoms with van der Waals surface area (Å²) in [5, 5.41) is 9.60. The van der Waals surface area contributed by atoms with Crippen LogP contribution in [0.5, 0.6) is 0 Å². The Labute approximate surface area is 72.3 Å². The summed E-state index contributed by atoms with van der Waals surface area (Å²) in [6, 6.07) is 0. The standard InChI is InChI=1S/C10H14O2/c1-2-8(11)9-6-3-4-7(5-6)10(9)12/h3-4,6-9,11H,2,5H2,1H3. The summed E-state index contributed by atoms with van der Waals surface area (Å²) in [6.45, 7) is 1.92. The van der Waals surface area contributed by atoms with Gasteiger partial charge in [-0.3, -0.25) is 4.79 Å². The molecule has 0 aromatic rings. The van der Waals surface area contributed by atoms with Gasteiger partial charge in [-0.25, -0.2) is 0 Å². The number of aliphatic hydroxyl groups is 1. The Balaban J connectivity index is 2.18. The van der Waals surface area contributed by atoms with Gasteiger partial charge in [0.25, 0.3) is 0 Å². The van der Waals surface area contributed by atoms with E-state index in [9.17, 15) is 9.90 Å². The van der Waals surface area contributed by atoms with E-state index in [0.29, 0.717) is 12.3 Å². The van der Waals surface area contributed by atoms with Crippen LogP contribution in [0.3, 0.4) is 0 Å². The third-order valence-electron chi connectivity index (χ3n) is 3.10. The van der Waals surface area contributed by atoms with E-state index in [-0.39, 0.29) is 17.6 Å². The number of allylic oxidation sites excluding steroid dienone is 2. The lowest BCUT2D eigenvalue weighted by Crippen LogP contribution is -2.30. The lowest BCUT2D eigenvalue weighted by atomic mass is 9.86. The lowest BCUT2D eigenvalue weighted by molar-refractivity contribution is -0.126. The molecule has 4 atom stereocenters. The van der Waals surface area contributed by atoms with Crippen LogP contribution in [0.2, 0.25) is 0 Å². The van der Waals surface area contributed by atoms with Crippen molar-refractivity contribution < 1.29 is 9.90 Å². The Morgan fingerprint density at radius 1 is 1.67 bits per heavy atom. The summed E-state index contributed by atoms with van der Waals surface area (Å²) in [4.78, 5) is 11.6. The first-order chi connectivity index (χ1) is 5.74. The maximum atomic E-state index is 11.6. The second-order valence-electron chi connectivity index (χ2n) is 3.79. The van der Waals surface area contributed by atoms with E-state index in [0.717, 1.165) is 6.42 Å². The van der Waals surface area contributed by atoms with Crippen LogP contribution in [0.4, 0.5) is 0 Å². The smallest absolute Gasteiger partial charge is 0.145 e. The monoisotopic (exact) mass is 166 g/mol. The van der Waals surface area contributed by atoms with Gasteiger partial charge in [-0.15, -0.1) is 0 Å². The highest BCUT2D eigenvalue weighted by Crippen LogP contribution is 2.42. The molecule has 2 heteroatoms. The first kappa shape index (κ1) is 7.99. The van der Waals surface area contributed by atoms with Crippen molar-refractivity contribution in [3.63, 3.8) is 0 Å². The third kappa shape index (κ3) is 0.944. The average molecular weight is 166 g/mol. The maximum Gasteiger partial charge on any atom is 0.145 e. The molecule has 1 N–H and O–H groups in total. The maximum absolute atomic E-state index is 11.6. The number of hydrogen-bond acceptors (Lipinski definition) is 2. The molecule has 0 aromatic carbocycles. The van der Waals surface area contributed by atoms with E-state index < -0.39 is 6.10 Å². The number of rotatable bonds is 2. The van der Waals surface area contributed by atoms with E-state index in [1.54, 1.807) is 0 Å². The second-order valence-corrected chi connectivity index (χ2v) is 3.79. The highest BCUT2D eigenvalue weighted by molar-refractivity contribution is 5.89. The zero-order chi connectivity index (χ0) is 8.72. The molecule has 12 heavy (non-hydrogen) atoms. The van der Waals surface area contributed by atoms with Gasteiger partial charge in [0.2, 0.25) is 0 Å². The summed E-state index contributed by atoms with van der Waals surface area (Å²) >= 11 is 0. The van der Waals surface area contributed by atoms with Gasteiger partial charge in [0.05, 0.1) is 12.0 Å². The Kier molecular flexibility index (Phi) is 1.80. The number of aliphatic hydroxyl groups excluding tert-OH is 1. The van der Waals surface area contributed by atoms with Crippen molar-refractivity contribution in [1.82, 2.24) is 0 Å². The molecule has 1 saturated carbocycles. The van der Waals surface area contributed by atoms with Crippen LogP contribution in [0.1, 0.15) is 19.8 Å². The van der Waals surface area contributed by atoms with E-state index in [1.165, 1.54) is 0 Å². The summed E-state index contributed by atoms with van der Waals surface area (Å²) in [7, 11) is 0. The molecule has 0 radical (unpaired) electrons. The molecule has 66 valence electrons. The van der Waals surface area contributed by atoms with Gasteiger partial charge >= 0.3 is 0 Å². The molecule has 0 aromatic heterocycles. The number of ketones is 1. The molecule has 0 spiro atoms. The van der Waals surface area contributed by atoms with Crippen LogP contribution in [0.15, 0.2) is 12.2 Å². The van der Waals surface area contributed by atoms with Gasteiger partial charge in [0.1, 0.15) is 5.78 Å². The molecular weight excluding hydrogens is 152 g/mol. The van der Waals surface area contributed by atoms with Gasteiger partial charge in [-0.05, 0) is 18.8 Å². The van der Waals surface area contributed by atoms with Crippen molar-refractivity contribution in [2.45, 2.75) is 25.9 Å². The van der Waals surface area contributed by atoms with Crippen LogP contribution in [0.25, 0.3) is 0 Å². The number of fused-ring (bicyclic) bond motifs is 2. The average Bonchev–Trinajstić information content (AvgIpc) is 2.63. The van der Waals surface area contributed by atoms with Crippen LogP contribution in [0, 0.1) is 17.8 Å². The van der Waals surface area contributed by atoms with E-state index in [4.69, 9.17) is 0 Å². The molecule has 0 amide bonds. The summed E-state index contributed by atoms with van der Waals surface area (Å²) in [6.07, 6.45) is 5.30. The minimum Gasteiger partial charge on any atom is -0.392 e. The van der Waals surface area contributed by atoms with Crippen molar-refractivity contribution in [2.75, 3.05) is 0 Å². The van der Waals surface area contributed by atoms with E-state index in [1.807, 2.05) is 13.0 Å². The Bertz CT molecular complexity index is 232. The molecule has 1 fully saturated rings. The normalized spacial score (nSPS) is 40.8. The molecule has 4 unspecified atom stereocenters. The molecule has 2 rings (SSSR count). The second kappa shape index (κ2) is 2.70. The topological polar surface area (TPSA) is 37.3 Å². The molecule has 0 heterocycles. The molecule has 0 aliphatic heterocycles. The first-order valence-corrected chi connectivity index (χ1v) is 4.64. The fraction of sp³-hybridized carbons (Fsp3) is 0.700. The van der Waals surface area contributed by atoms with Crippen molar-refractivity contribution in [1.29, 1.82) is 0 Å². The fourth-order valence-electron chi connectivity index (χ4n) is 2.39. The fourth-order valence-corrected chi connectivity index (χ4v) is 2.39. The van der Waals surface area contributed by atoms with Crippen LogP contribution < -0.4 is 0 Å². The van der Waals surface area contributed by atoms with Crippen LogP contribution >= 0.6 is 0 Å². The molecule has 0 saturated heterocycles. The van der Waals surface area contributed by atoms with E-state index in [2.05, 4.69) is 6.08 Å². The van der Waals surface area contributed by atoms with Crippen LogP contribution in [-0.4, -0.2) is 17.0 Å². The number of carbonyl (C=O) groups excluding carboxylic acids is 1. The van der Waals surface area contributed by atoms with Crippen LogP contribution in [-0.2, 0) is 4.79 Å². The Morgan fingerprint density at radius 2 is 2.42 bits per heavy atom. The molecule has 2 aliphatic carbocycles. The first-order valence-electron chi connectivity index (χ1n) is 4.64. The summed E-state index contributed by atoms with van der Waals surface area (Å²) in [5.74, 6) is 0.625. The molecular formula is C10H14O2. The Morgan fingerprint density at radius 3 is 2.92 bits per heavy atom. The van der Waals surface area contributed by atoms with E-state index >= 15 is 0 Å². The van der Waals surface area contributed by atoms with Gasteiger partial charge in [-0.2, -0.15) is 0 Å². The van der Waals surface area contributed by atoms with Crippen molar-refractivity contribution >= 4 is 5.78 Å². The third-order valence-corrected chi connectivity index (χ3v) is 3.10. The molecule has 2 aliphatic rings. The van der Waals surface area contributed by atoms with Gasteiger partial charge in [-0.1, -0.05) is 19.1 Å². The highest BCUT2D eigenvalue weighted by atomic mass is 16.3. The van der Waals surface area contributed by atoms with Crippen molar-refractivity contribution in [3.8, 4) is 0 Å². The highest BCUT2D eigenvalue weighted by Gasteiger charge is 2.45. The van der Waals surface area contributed by atoms with Gasteiger partial charge < -0.3 is 5.11 Å². The SMILES string of the molecule is CCC(O)C1C(=O)C2C=CC1C2. The molecule has 2 nitrogen and oxygen atoms in total. The summed E-state index contributed by atoms with van der Waals surface area (Å²) in [5.41, 5.74) is 0. The number of Topliss-reactive ketones (excluding diaryl/α,β-unsaturated/α-hetero) is 1. The predicted molar refractivity (Wildman–Crippen MR) is 45.5 cm³/mol. The summed E-state index contributed by atoms with van der Waals surface area (Å²) < 4.78 is 0. The minimum atomic E-state index is -0.419. The van der Waals surface area contributed by atoms with Crippen molar-refractivity contribution in [2.24, 2.45) is 17.8 Å². The van der Waals surface area contributed by atoms with Gasteiger partial charge in [0.15, 0.2) is 0 Å².